The monoisotopic (exact) mass is 474 g/mol. The first kappa shape index (κ1) is 20.8. The average molecular weight is 475 g/mol. The molecular formula is C24H18N4OS3. The molecule has 0 aliphatic carbocycles. The van der Waals surface area contributed by atoms with Crippen molar-refractivity contribution in [2.45, 2.75) is 17.7 Å². The predicted octanol–water partition coefficient (Wildman–Crippen LogP) is 6.79. The molecule has 1 amide bonds. The van der Waals surface area contributed by atoms with Gasteiger partial charge in [-0.3, -0.25) is 9.69 Å². The van der Waals surface area contributed by atoms with Crippen molar-refractivity contribution in [3.8, 4) is 10.4 Å². The summed E-state index contributed by atoms with van der Waals surface area (Å²) in [5.74, 6) is 0.605. The van der Waals surface area contributed by atoms with Crippen LogP contribution in [-0.4, -0.2) is 20.9 Å². The summed E-state index contributed by atoms with van der Waals surface area (Å²) in [5, 5.41) is 4.68. The zero-order valence-electron chi connectivity index (χ0n) is 17.1. The molecule has 0 radical (unpaired) electrons. The number of benzene rings is 2. The first-order chi connectivity index (χ1) is 15.7. The maximum atomic E-state index is 12.3. The number of amides is 1. The highest BCUT2D eigenvalue weighted by molar-refractivity contribution is 7.98. The second-order valence-electron chi connectivity index (χ2n) is 6.97. The van der Waals surface area contributed by atoms with Gasteiger partial charge in [-0.25, -0.2) is 15.0 Å². The molecule has 0 N–H and O–H groups in total. The number of anilines is 2. The van der Waals surface area contributed by atoms with Gasteiger partial charge in [0.15, 0.2) is 5.13 Å². The third-order valence-corrected chi connectivity index (χ3v) is 7.77. The fourth-order valence-electron chi connectivity index (χ4n) is 3.31. The molecule has 0 aliphatic heterocycles. The smallest absolute Gasteiger partial charge is 0.230 e. The second-order valence-corrected chi connectivity index (χ2v) is 9.81. The second kappa shape index (κ2) is 9.20. The van der Waals surface area contributed by atoms with Crippen LogP contribution in [0, 0.1) is 0 Å². The van der Waals surface area contributed by atoms with E-state index in [4.69, 9.17) is 4.98 Å². The lowest BCUT2D eigenvalue weighted by molar-refractivity contribution is -0.115. The molecule has 5 nitrogen and oxygen atoms in total. The van der Waals surface area contributed by atoms with Crippen molar-refractivity contribution < 1.29 is 4.79 Å². The van der Waals surface area contributed by atoms with Crippen molar-refractivity contribution in [2.24, 2.45) is 0 Å². The van der Waals surface area contributed by atoms with Crippen LogP contribution in [0.5, 0.6) is 0 Å². The number of hydrogen-bond donors (Lipinski definition) is 0. The van der Waals surface area contributed by atoms with Crippen LogP contribution in [0.3, 0.4) is 0 Å². The molecule has 0 aliphatic rings. The number of hydrogen-bond acceptors (Lipinski definition) is 7. The highest BCUT2D eigenvalue weighted by Crippen LogP contribution is 2.37. The van der Waals surface area contributed by atoms with Gasteiger partial charge in [-0.2, -0.15) is 0 Å². The van der Waals surface area contributed by atoms with Crippen LogP contribution in [0.15, 0.2) is 83.5 Å². The Bertz CT molecular complexity index is 1370. The Hall–Kier alpha value is -3.07. The van der Waals surface area contributed by atoms with E-state index in [9.17, 15) is 4.79 Å². The van der Waals surface area contributed by atoms with Gasteiger partial charge >= 0.3 is 0 Å². The summed E-state index contributed by atoms with van der Waals surface area (Å²) in [4.78, 5) is 29.8. The molecule has 0 spiro atoms. The molecule has 2 aromatic carbocycles. The molecule has 0 saturated heterocycles. The lowest BCUT2D eigenvalue weighted by Gasteiger charge is -2.17. The molecular weight excluding hydrogens is 456 g/mol. The summed E-state index contributed by atoms with van der Waals surface area (Å²) >= 11 is 4.78. The van der Waals surface area contributed by atoms with Gasteiger partial charge in [0.1, 0.15) is 16.2 Å². The van der Waals surface area contributed by atoms with Gasteiger partial charge in [0.05, 0.1) is 11.4 Å². The van der Waals surface area contributed by atoms with E-state index in [1.165, 1.54) is 21.8 Å². The lowest BCUT2D eigenvalue weighted by Crippen LogP contribution is -2.22. The van der Waals surface area contributed by atoms with Crippen LogP contribution in [0.2, 0.25) is 0 Å². The molecule has 158 valence electrons. The molecule has 5 rings (SSSR count). The number of nitrogens with zero attached hydrogens (tertiary/aromatic N) is 4. The number of carbonyl (C=O) groups excluding carboxylic acids is 1. The zero-order valence-corrected chi connectivity index (χ0v) is 19.6. The molecule has 5 aromatic rings. The molecule has 0 unspecified atom stereocenters. The number of fused-ring (bicyclic) bond motifs is 1. The number of thiazole rings is 1. The van der Waals surface area contributed by atoms with E-state index in [1.807, 2.05) is 53.9 Å². The van der Waals surface area contributed by atoms with Crippen molar-refractivity contribution in [3.63, 3.8) is 0 Å². The highest BCUT2D eigenvalue weighted by Gasteiger charge is 2.18. The SMILES string of the molecule is CC(=O)N(c1ccccc1)c1nc(CSc2ncnc3sc(-c4ccccc4)cc23)cs1. The van der Waals surface area contributed by atoms with Gasteiger partial charge in [0, 0.05) is 28.3 Å². The number of para-hydroxylation sites is 1. The Morgan fingerprint density at radius 2 is 1.78 bits per heavy atom. The Kier molecular flexibility index (Phi) is 5.98. The van der Waals surface area contributed by atoms with E-state index in [2.05, 4.69) is 28.2 Å². The van der Waals surface area contributed by atoms with Crippen molar-refractivity contribution in [2.75, 3.05) is 4.90 Å². The highest BCUT2D eigenvalue weighted by atomic mass is 32.2. The normalized spacial score (nSPS) is 11.0. The minimum absolute atomic E-state index is 0.0611. The maximum Gasteiger partial charge on any atom is 0.230 e. The van der Waals surface area contributed by atoms with E-state index in [-0.39, 0.29) is 5.91 Å². The van der Waals surface area contributed by atoms with Crippen molar-refractivity contribution in [1.82, 2.24) is 15.0 Å². The Balaban J connectivity index is 1.37. The summed E-state index contributed by atoms with van der Waals surface area (Å²) < 4.78 is 0. The molecule has 32 heavy (non-hydrogen) atoms. The molecule has 0 bridgehead atoms. The van der Waals surface area contributed by atoms with Crippen LogP contribution in [0.25, 0.3) is 20.7 Å². The summed E-state index contributed by atoms with van der Waals surface area (Å²) in [6.45, 7) is 1.56. The van der Waals surface area contributed by atoms with E-state index in [1.54, 1.807) is 41.2 Å². The number of thiophene rings is 1. The van der Waals surface area contributed by atoms with Crippen LogP contribution >= 0.6 is 34.4 Å². The first-order valence-electron chi connectivity index (χ1n) is 9.92. The first-order valence-corrected chi connectivity index (χ1v) is 12.6. The van der Waals surface area contributed by atoms with Crippen LogP contribution in [0.4, 0.5) is 10.8 Å². The number of thioether (sulfide) groups is 1. The fraction of sp³-hybridized carbons (Fsp3) is 0.0833. The fourth-order valence-corrected chi connectivity index (χ4v) is 6.23. The van der Waals surface area contributed by atoms with Gasteiger partial charge in [0.25, 0.3) is 0 Å². The van der Waals surface area contributed by atoms with Gasteiger partial charge in [-0.05, 0) is 23.8 Å². The van der Waals surface area contributed by atoms with Crippen LogP contribution in [-0.2, 0) is 10.5 Å². The van der Waals surface area contributed by atoms with Crippen LogP contribution in [0.1, 0.15) is 12.6 Å². The molecule has 0 atom stereocenters. The predicted molar refractivity (Wildman–Crippen MR) is 134 cm³/mol. The molecule has 3 aromatic heterocycles. The molecule has 8 heteroatoms. The molecule has 3 heterocycles. The van der Waals surface area contributed by atoms with Gasteiger partial charge in [-0.15, -0.1) is 22.7 Å². The molecule has 0 saturated carbocycles. The molecule has 0 fully saturated rings. The van der Waals surface area contributed by atoms with Crippen molar-refractivity contribution >= 4 is 61.4 Å². The number of aromatic nitrogens is 3. The summed E-state index contributed by atoms with van der Waals surface area (Å²) in [6, 6.07) is 22.1. The van der Waals surface area contributed by atoms with E-state index in [0.29, 0.717) is 10.9 Å². The minimum Gasteiger partial charge on any atom is -0.274 e. The zero-order chi connectivity index (χ0) is 21.9. The van der Waals surface area contributed by atoms with Gasteiger partial charge < -0.3 is 0 Å². The Labute approximate surface area is 197 Å². The average Bonchev–Trinajstić information content (AvgIpc) is 3.46. The van der Waals surface area contributed by atoms with Gasteiger partial charge in [0.2, 0.25) is 5.91 Å². The summed E-state index contributed by atoms with van der Waals surface area (Å²) in [7, 11) is 0. The number of carbonyl (C=O) groups is 1. The van der Waals surface area contributed by atoms with Crippen molar-refractivity contribution in [3.05, 3.63) is 84.1 Å². The largest absolute Gasteiger partial charge is 0.274 e. The summed E-state index contributed by atoms with van der Waals surface area (Å²) in [6.07, 6.45) is 1.62. The minimum atomic E-state index is -0.0611. The maximum absolute atomic E-state index is 12.3. The third-order valence-electron chi connectivity index (χ3n) is 4.77. The van der Waals surface area contributed by atoms with E-state index >= 15 is 0 Å². The Morgan fingerprint density at radius 1 is 1.03 bits per heavy atom. The summed E-state index contributed by atoms with van der Waals surface area (Å²) in [5.41, 5.74) is 2.92. The van der Waals surface area contributed by atoms with E-state index < -0.39 is 0 Å². The van der Waals surface area contributed by atoms with E-state index in [0.717, 1.165) is 26.6 Å². The Morgan fingerprint density at radius 3 is 2.53 bits per heavy atom. The lowest BCUT2D eigenvalue weighted by atomic mass is 10.2. The third kappa shape index (κ3) is 4.29. The number of rotatable bonds is 6. The van der Waals surface area contributed by atoms with Crippen molar-refractivity contribution in [1.29, 1.82) is 0 Å². The topological polar surface area (TPSA) is 59.0 Å². The standard InChI is InChI=1S/C24H18N4OS3/c1-16(29)28(19-10-6-3-7-11-19)24-27-18(14-31-24)13-30-22-20-12-21(17-8-4-2-5-9-17)32-23(20)26-15-25-22/h2-12,14-15H,13H2,1H3. The van der Waals surface area contributed by atoms with Gasteiger partial charge in [-0.1, -0.05) is 60.3 Å². The quantitative estimate of drug-likeness (QED) is 0.200. The van der Waals surface area contributed by atoms with Crippen LogP contribution < -0.4 is 4.90 Å².